The zero-order valence-corrected chi connectivity index (χ0v) is 69.1. The standard InChI is InChI=1S/C79H122O43/c1-27-56(115-66-55(101)58(35(86)24-107-66)116-70-60(43(89)34(85)23-108-70)118-65-51(97)42(88)33(84)22-106-65)50(96)54(100)67(109-27)121-63-62(120-69-53(99)47(93)45(91)37(113-69)25-105-29(3)82)57(111-30(4)83)28(2)110-72(63)122-73(104)79-18-17-74(5,6)19-32(79)31-11-12-39-75(7)15-14-41(76(8,26-81)38(75)13-16-77(39,9)78(31,10)20-40(79)87)114-71-61(49(95)48(94)59(117-71)64(102)103)119-68-52(98)46(92)44(90)36(21-80)112-68/h11,26-28,32-63,65-72,80,84-101H,12-25H2,1-10H3,(H,102,103)/t27-,28+,32-,33-,34-,35+,36+,37+,38+,39+,40+,41-,42-,43-,44-,45+,46-,47-,48-,49-,50-,51+,52+,53+,54+,55+,56-,57-,58-,59-,60+,61+,62-,63+,65-,66-,67-,68-,69-,70-,71+,72-,75-,76-,77+,78+,79+/m0/s1. The van der Waals surface area contributed by atoms with Gasteiger partial charge in [-0.3, -0.25) is 14.4 Å². The molecule has 13 aliphatic rings. The van der Waals surface area contributed by atoms with Crippen LogP contribution in [-0.4, -0.2) is 405 Å². The Bertz CT molecular complexity index is 3670. The fourth-order valence-electron chi connectivity index (χ4n) is 22.0. The molecule has 47 atom stereocenters. The van der Waals surface area contributed by atoms with Gasteiger partial charge in [0.25, 0.3) is 0 Å². The molecule has 13 rings (SSSR count). The number of aliphatic carboxylic acids is 1. The van der Waals surface area contributed by atoms with Crippen molar-refractivity contribution in [1.29, 1.82) is 0 Å². The van der Waals surface area contributed by atoms with Gasteiger partial charge in [-0.2, -0.15) is 0 Å². The summed E-state index contributed by atoms with van der Waals surface area (Å²) in [4.78, 5) is 68.6. The molecule has 43 nitrogen and oxygen atoms in total. The van der Waals surface area contributed by atoms with Crippen LogP contribution in [0.25, 0.3) is 0 Å². The second-order valence-electron chi connectivity index (χ2n) is 37.1. The smallest absolute Gasteiger partial charge is 0.335 e. The maximum Gasteiger partial charge on any atom is 0.335 e. The van der Waals surface area contributed by atoms with Gasteiger partial charge in [0.1, 0.15) is 165 Å². The lowest BCUT2D eigenvalue weighted by atomic mass is 9.33. The molecule has 122 heavy (non-hydrogen) atoms. The number of ether oxygens (including phenoxy) is 18. The summed E-state index contributed by atoms with van der Waals surface area (Å²) in [7, 11) is 0. The number of hydrogen-bond acceptors (Lipinski definition) is 42. The minimum absolute atomic E-state index is 0.00563. The average Bonchev–Trinajstić information content (AvgIpc) is 0.668. The van der Waals surface area contributed by atoms with Crippen molar-refractivity contribution in [3.63, 3.8) is 0 Å². The molecule has 20 N–H and O–H groups in total. The second kappa shape index (κ2) is 36.7. The highest BCUT2D eigenvalue weighted by atomic mass is 16.8. The molecule has 0 spiro atoms. The molecule has 0 bridgehead atoms. The van der Waals surface area contributed by atoms with Gasteiger partial charge in [-0.05, 0) is 111 Å². The predicted octanol–water partition coefficient (Wildman–Crippen LogP) is -7.38. The summed E-state index contributed by atoms with van der Waals surface area (Å²) in [5.41, 5.74) is -5.33. The lowest BCUT2D eigenvalue weighted by Crippen LogP contribution is -2.69. The van der Waals surface area contributed by atoms with Gasteiger partial charge in [0.2, 0.25) is 6.29 Å². The van der Waals surface area contributed by atoms with Crippen molar-refractivity contribution in [2.24, 2.45) is 50.2 Å². The van der Waals surface area contributed by atoms with E-state index in [0.29, 0.717) is 38.5 Å². The van der Waals surface area contributed by atoms with Gasteiger partial charge in [0.05, 0.1) is 56.3 Å². The maximum atomic E-state index is 16.5. The van der Waals surface area contributed by atoms with Gasteiger partial charge in [0, 0.05) is 13.8 Å². The highest BCUT2D eigenvalue weighted by Crippen LogP contribution is 2.76. The third-order valence-electron chi connectivity index (χ3n) is 29.1. The molecule has 43 heteroatoms. The summed E-state index contributed by atoms with van der Waals surface area (Å²) < 4.78 is 108. The Balaban J connectivity index is 0.779. The van der Waals surface area contributed by atoms with E-state index in [-0.39, 0.29) is 25.2 Å². The Labute approximate surface area is 700 Å². The maximum absolute atomic E-state index is 16.5. The SMILES string of the molecule is CC(=O)OC[C@H]1O[C@@H](O[C@H]2[C@@H](OC(C)=O)[C@@H](C)O[C@@H](OC(=O)[C@]34CCC(C)(C)C[C@H]3C3=CC[C@@H]5[C@@]6(C)CC[C@H](O[C@@H]7O[C@H](C(=O)O)[C@@H](O)[C@H](O)[C@H]7O[C@@H]7O[C@H](CO)[C@H](O)[C@H](O)[C@H]7O)[C@@](C)(C=O)[C@@H]6CC[C@@]5(C)[C@]3(C)C[C@H]4O)[C@@H]2O[C@@H]2O[C@@H](C)[C@H](O[C@@H]3OC[C@@H](O)[C@H](O[C@@H]4OC[C@H](O)[C@H](O)[C@H]4O[C@@H]4OC[C@H](O)[C@H](O)[C@H]4O)[C@H]3O)[C@@H](O)[C@H]2O)[C@H](O)[C@@H](O)[C@@H]1O. The van der Waals surface area contributed by atoms with E-state index in [9.17, 15) is 121 Å². The Hall–Kier alpha value is -4.07. The van der Waals surface area contributed by atoms with Gasteiger partial charge < -0.3 is 192 Å². The molecule has 0 unspecified atom stereocenters. The van der Waals surface area contributed by atoms with Gasteiger partial charge in [0.15, 0.2) is 62.3 Å². The van der Waals surface area contributed by atoms with E-state index in [2.05, 4.69) is 26.8 Å². The van der Waals surface area contributed by atoms with Gasteiger partial charge in [-0.25, -0.2) is 4.79 Å². The van der Waals surface area contributed by atoms with Crippen LogP contribution in [0.15, 0.2) is 11.6 Å². The number of hydrogen-bond donors (Lipinski definition) is 20. The van der Waals surface area contributed by atoms with Crippen molar-refractivity contribution >= 4 is 30.2 Å². The summed E-state index contributed by atoms with van der Waals surface area (Å²) in [6.45, 7) is 13.5. The average molecular weight is 1760 g/mol. The number of aliphatic hydroxyl groups is 19. The number of allylic oxidation sites excluding steroid dienone is 2. The number of carbonyl (C=O) groups excluding carboxylic acids is 4. The summed E-state index contributed by atoms with van der Waals surface area (Å²) in [5, 5.41) is 223. The number of carboxylic acid groups (broad SMARTS) is 1. The fraction of sp³-hybridized carbons (Fsp3) is 0.911. The molecule has 0 amide bonds. The van der Waals surface area contributed by atoms with Gasteiger partial charge in [-0.15, -0.1) is 0 Å². The first-order valence-electron chi connectivity index (χ1n) is 41.7. The quantitative estimate of drug-likeness (QED) is 0.0157. The molecule has 696 valence electrons. The molecule has 8 saturated heterocycles. The largest absolute Gasteiger partial charge is 0.479 e. The van der Waals surface area contributed by atoms with E-state index in [1.807, 2.05) is 13.8 Å². The second-order valence-corrected chi connectivity index (χ2v) is 37.1. The Morgan fingerprint density at radius 3 is 1.61 bits per heavy atom. The molecule has 8 heterocycles. The van der Waals surface area contributed by atoms with Crippen molar-refractivity contribution in [3.05, 3.63) is 11.6 Å². The van der Waals surface area contributed by atoms with Crippen LogP contribution in [0.5, 0.6) is 0 Å². The zero-order chi connectivity index (χ0) is 89.2. The number of aldehydes is 1. The van der Waals surface area contributed by atoms with Crippen LogP contribution in [0.3, 0.4) is 0 Å². The van der Waals surface area contributed by atoms with Crippen LogP contribution in [0.4, 0.5) is 0 Å². The molecule has 0 aromatic rings. The first-order chi connectivity index (χ1) is 57.2. The topological polar surface area (TPSA) is 656 Å². The molecule has 4 saturated carbocycles. The van der Waals surface area contributed by atoms with Crippen molar-refractivity contribution in [2.45, 2.75) is 367 Å². The minimum Gasteiger partial charge on any atom is -0.479 e. The number of aliphatic hydroxyl groups excluding tert-OH is 19. The molecule has 0 aromatic heterocycles. The van der Waals surface area contributed by atoms with E-state index in [4.69, 9.17) is 85.3 Å². The first-order valence-corrected chi connectivity index (χ1v) is 41.7. The summed E-state index contributed by atoms with van der Waals surface area (Å²) >= 11 is 0. The first kappa shape index (κ1) is 95.5. The van der Waals surface area contributed by atoms with Crippen LogP contribution in [0, 0.1) is 50.2 Å². The minimum atomic E-state index is -2.27. The van der Waals surface area contributed by atoms with Crippen LogP contribution in [-0.2, 0) is 109 Å². The predicted molar refractivity (Wildman–Crippen MR) is 394 cm³/mol. The summed E-state index contributed by atoms with van der Waals surface area (Å²) in [5.74, 6) is -6.12. The number of fused-ring (bicyclic) bond motifs is 7. The van der Waals surface area contributed by atoms with E-state index in [1.165, 1.54) is 13.8 Å². The van der Waals surface area contributed by atoms with Crippen molar-refractivity contribution in [2.75, 3.05) is 33.0 Å². The number of esters is 3. The Kier molecular flexibility index (Phi) is 28.7. The third kappa shape index (κ3) is 17.3. The normalized spacial score (nSPS) is 52.7. The van der Waals surface area contributed by atoms with Crippen molar-refractivity contribution in [3.8, 4) is 0 Å². The Morgan fingerprint density at radius 1 is 0.459 bits per heavy atom. The molecular weight excluding hydrogens is 1640 g/mol. The lowest BCUT2D eigenvalue weighted by Gasteiger charge is -2.71. The van der Waals surface area contributed by atoms with Crippen molar-refractivity contribution in [1.82, 2.24) is 0 Å². The summed E-state index contributed by atoms with van der Waals surface area (Å²) in [6.07, 6.45) is -67.2. The highest BCUT2D eigenvalue weighted by Gasteiger charge is 2.74. The van der Waals surface area contributed by atoms with Gasteiger partial charge >= 0.3 is 23.9 Å². The number of rotatable bonds is 22. The van der Waals surface area contributed by atoms with Crippen LogP contribution in [0.2, 0.25) is 0 Å². The lowest BCUT2D eigenvalue weighted by molar-refractivity contribution is -0.394. The molecule has 8 aliphatic heterocycles. The van der Waals surface area contributed by atoms with E-state index < -0.39 is 341 Å². The molecule has 12 fully saturated rings. The highest BCUT2D eigenvalue weighted by molar-refractivity contribution is 5.80. The fourth-order valence-corrected chi connectivity index (χ4v) is 22.0. The van der Waals surface area contributed by atoms with Crippen LogP contribution < -0.4 is 0 Å². The molecular formula is C79H122O43. The van der Waals surface area contributed by atoms with Gasteiger partial charge in [-0.1, -0.05) is 53.2 Å². The number of carboxylic acids is 1. The zero-order valence-electron chi connectivity index (χ0n) is 69.1. The van der Waals surface area contributed by atoms with Crippen LogP contribution >= 0.6 is 0 Å². The molecule has 0 aromatic carbocycles. The van der Waals surface area contributed by atoms with Crippen LogP contribution in [0.1, 0.15) is 127 Å². The van der Waals surface area contributed by atoms with E-state index in [1.54, 1.807) is 6.92 Å². The Morgan fingerprint density at radius 2 is 0.984 bits per heavy atom. The molecule has 0 radical (unpaired) electrons. The molecule has 5 aliphatic carbocycles. The monoisotopic (exact) mass is 1760 g/mol. The number of carbonyl (C=O) groups is 5. The third-order valence-corrected chi connectivity index (χ3v) is 29.1. The van der Waals surface area contributed by atoms with E-state index >= 15 is 4.79 Å². The summed E-state index contributed by atoms with van der Waals surface area (Å²) in [6, 6.07) is 0. The van der Waals surface area contributed by atoms with E-state index in [0.717, 1.165) is 25.7 Å². The van der Waals surface area contributed by atoms with Crippen molar-refractivity contribution < 1.29 is 211 Å².